The molecule has 31 heavy (non-hydrogen) atoms. The predicted molar refractivity (Wildman–Crippen MR) is 114 cm³/mol. The van der Waals surface area contributed by atoms with Crippen molar-refractivity contribution in [2.45, 2.75) is 25.4 Å². The SMILES string of the molecule is COc1ncccc1C(=O)N1C[C@@H]2C[C@H](C1)c1ccc(CN3CCOCC3)c(=O)n1C2. The Hall–Kier alpha value is -2.71. The van der Waals surface area contributed by atoms with Crippen LogP contribution in [0.2, 0.25) is 0 Å². The van der Waals surface area contributed by atoms with Gasteiger partial charge in [-0.25, -0.2) is 4.98 Å². The first kappa shape index (κ1) is 20.2. The summed E-state index contributed by atoms with van der Waals surface area (Å²) in [7, 11) is 1.53. The van der Waals surface area contributed by atoms with Gasteiger partial charge in [-0.2, -0.15) is 0 Å². The van der Waals surface area contributed by atoms with Crippen LogP contribution in [0.25, 0.3) is 0 Å². The van der Waals surface area contributed by atoms with Crippen molar-refractivity contribution in [3.05, 3.63) is 57.6 Å². The Morgan fingerprint density at radius 2 is 2.03 bits per heavy atom. The summed E-state index contributed by atoms with van der Waals surface area (Å²) in [4.78, 5) is 34.8. The summed E-state index contributed by atoms with van der Waals surface area (Å²) in [5.74, 6) is 0.741. The third-order valence-electron chi connectivity index (χ3n) is 6.66. The quantitative estimate of drug-likeness (QED) is 0.737. The number of ether oxygens (including phenoxy) is 2. The molecule has 0 aliphatic carbocycles. The van der Waals surface area contributed by atoms with E-state index in [1.807, 2.05) is 15.5 Å². The number of piperidine rings is 1. The maximum Gasteiger partial charge on any atom is 0.259 e. The summed E-state index contributed by atoms with van der Waals surface area (Å²) < 4.78 is 12.7. The fourth-order valence-electron chi connectivity index (χ4n) is 5.16. The van der Waals surface area contributed by atoms with Gasteiger partial charge in [0.2, 0.25) is 5.88 Å². The summed E-state index contributed by atoms with van der Waals surface area (Å²) in [5.41, 5.74) is 2.50. The molecule has 3 aliphatic heterocycles. The van der Waals surface area contributed by atoms with Crippen molar-refractivity contribution < 1.29 is 14.3 Å². The van der Waals surface area contributed by atoms with Crippen LogP contribution in [0.15, 0.2) is 35.3 Å². The number of fused-ring (bicyclic) bond motifs is 4. The number of likely N-dealkylation sites (tertiary alicyclic amines) is 1. The molecule has 5 heterocycles. The van der Waals surface area contributed by atoms with Crippen molar-refractivity contribution in [1.29, 1.82) is 0 Å². The standard InChI is InChI=1S/C23H28N4O4/c1-30-21-19(3-2-6-24-21)23(29)26-12-16-11-18(15-26)20-5-4-17(22(28)27(20)13-16)14-25-7-9-31-10-8-25/h2-6,16,18H,7-15H2,1H3/t16-,18+/m0/s1. The van der Waals surface area contributed by atoms with Crippen LogP contribution in [-0.4, -0.2) is 71.8 Å². The highest BCUT2D eigenvalue weighted by atomic mass is 16.5. The second kappa shape index (κ2) is 8.43. The zero-order valence-corrected chi connectivity index (χ0v) is 17.8. The highest BCUT2D eigenvalue weighted by molar-refractivity contribution is 5.96. The van der Waals surface area contributed by atoms with Crippen LogP contribution in [0, 0.1) is 5.92 Å². The lowest BCUT2D eigenvalue weighted by atomic mass is 9.82. The maximum atomic E-state index is 13.2. The van der Waals surface area contributed by atoms with Crippen LogP contribution < -0.4 is 10.3 Å². The van der Waals surface area contributed by atoms with Gasteiger partial charge in [0, 0.05) is 62.6 Å². The van der Waals surface area contributed by atoms with Crippen LogP contribution >= 0.6 is 0 Å². The van der Waals surface area contributed by atoms with E-state index >= 15 is 0 Å². The second-order valence-corrected chi connectivity index (χ2v) is 8.66. The van der Waals surface area contributed by atoms with E-state index < -0.39 is 0 Å². The number of hydrogen-bond acceptors (Lipinski definition) is 6. The number of pyridine rings is 2. The van der Waals surface area contributed by atoms with E-state index in [2.05, 4.69) is 16.0 Å². The van der Waals surface area contributed by atoms with E-state index in [0.717, 1.165) is 44.0 Å². The maximum absolute atomic E-state index is 13.2. The molecule has 8 nitrogen and oxygen atoms in total. The number of aromatic nitrogens is 2. The van der Waals surface area contributed by atoms with Gasteiger partial charge in [0.1, 0.15) is 5.56 Å². The number of carbonyl (C=O) groups excluding carboxylic acids is 1. The number of hydrogen-bond donors (Lipinski definition) is 0. The Balaban J connectivity index is 1.37. The van der Waals surface area contributed by atoms with Crippen molar-refractivity contribution in [1.82, 2.24) is 19.4 Å². The molecule has 2 aromatic heterocycles. The normalized spacial score (nSPS) is 23.3. The summed E-state index contributed by atoms with van der Waals surface area (Å²) in [6.45, 7) is 5.76. The lowest BCUT2D eigenvalue weighted by molar-refractivity contribution is 0.0338. The molecule has 2 aromatic rings. The van der Waals surface area contributed by atoms with Crippen molar-refractivity contribution in [2.24, 2.45) is 5.92 Å². The average molecular weight is 425 g/mol. The monoisotopic (exact) mass is 424 g/mol. The molecular weight excluding hydrogens is 396 g/mol. The molecule has 0 N–H and O–H groups in total. The largest absolute Gasteiger partial charge is 0.480 e. The molecule has 8 heteroatoms. The Labute approximate surface area is 181 Å². The second-order valence-electron chi connectivity index (χ2n) is 8.66. The molecule has 2 atom stereocenters. The fraction of sp³-hybridized carbons (Fsp3) is 0.522. The van der Waals surface area contributed by atoms with Crippen LogP contribution in [0.5, 0.6) is 5.88 Å². The Morgan fingerprint density at radius 1 is 1.19 bits per heavy atom. The lowest BCUT2D eigenvalue weighted by Gasteiger charge is -2.43. The molecule has 0 unspecified atom stereocenters. The molecule has 5 rings (SSSR count). The topological polar surface area (TPSA) is 76.9 Å². The Morgan fingerprint density at radius 3 is 2.84 bits per heavy atom. The molecular formula is C23H28N4O4. The van der Waals surface area contributed by atoms with Gasteiger partial charge in [0.05, 0.1) is 20.3 Å². The smallest absolute Gasteiger partial charge is 0.259 e. The number of methoxy groups -OCH3 is 1. The van der Waals surface area contributed by atoms with Gasteiger partial charge in [-0.15, -0.1) is 0 Å². The third kappa shape index (κ3) is 3.85. The van der Waals surface area contributed by atoms with Gasteiger partial charge >= 0.3 is 0 Å². The first-order chi connectivity index (χ1) is 15.1. The van der Waals surface area contributed by atoms with Crippen molar-refractivity contribution >= 4 is 5.91 Å². The zero-order valence-electron chi connectivity index (χ0n) is 17.8. The van der Waals surface area contributed by atoms with Crippen LogP contribution in [0.4, 0.5) is 0 Å². The molecule has 0 radical (unpaired) electrons. The van der Waals surface area contributed by atoms with E-state index in [9.17, 15) is 9.59 Å². The van der Waals surface area contributed by atoms with Crippen molar-refractivity contribution in [3.8, 4) is 5.88 Å². The third-order valence-corrected chi connectivity index (χ3v) is 6.66. The van der Waals surface area contributed by atoms with Gasteiger partial charge in [-0.05, 0) is 30.5 Å². The van der Waals surface area contributed by atoms with Crippen molar-refractivity contribution in [3.63, 3.8) is 0 Å². The van der Waals surface area contributed by atoms with E-state index in [1.165, 1.54) is 7.11 Å². The van der Waals surface area contributed by atoms with Crippen LogP contribution in [-0.2, 0) is 17.8 Å². The Bertz CT molecular complexity index is 1030. The number of nitrogens with zero attached hydrogens (tertiary/aromatic N) is 4. The van der Waals surface area contributed by atoms with E-state index in [-0.39, 0.29) is 23.3 Å². The lowest BCUT2D eigenvalue weighted by Crippen LogP contribution is -2.49. The highest BCUT2D eigenvalue weighted by Gasteiger charge is 2.37. The summed E-state index contributed by atoms with van der Waals surface area (Å²) >= 11 is 0. The molecule has 0 saturated carbocycles. The number of carbonyl (C=O) groups is 1. The van der Waals surface area contributed by atoms with Gasteiger partial charge in [0.25, 0.3) is 11.5 Å². The minimum absolute atomic E-state index is 0.0561. The molecule has 3 aliphatic rings. The van der Waals surface area contributed by atoms with Gasteiger partial charge in [-0.3, -0.25) is 14.5 Å². The predicted octanol–water partition coefficient (Wildman–Crippen LogP) is 1.34. The van der Waals surface area contributed by atoms with Gasteiger partial charge in [0.15, 0.2) is 0 Å². The minimum Gasteiger partial charge on any atom is -0.480 e. The molecule has 2 saturated heterocycles. The Kier molecular flexibility index (Phi) is 5.50. The number of morpholine rings is 1. The summed E-state index contributed by atoms with van der Waals surface area (Å²) in [6, 6.07) is 7.59. The van der Waals surface area contributed by atoms with Crippen molar-refractivity contribution in [2.75, 3.05) is 46.5 Å². The van der Waals surface area contributed by atoms with E-state index in [1.54, 1.807) is 18.3 Å². The van der Waals surface area contributed by atoms with Gasteiger partial charge < -0.3 is 18.9 Å². The zero-order chi connectivity index (χ0) is 21.4. The average Bonchev–Trinajstić information content (AvgIpc) is 2.81. The van der Waals surface area contributed by atoms with E-state index in [0.29, 0.717) is 37.6 Å². The number of amides is 1. The van der Waals surface area contributed by atoms with Crippen LogP contribution in [0.1, 0.15) is 34.0 Å². The molecule has 2 fully saturated rings. The molecule has 1 amide bonds. The highest BCUT2D eigenvalue weighted by Crippen LogP contribution is 2.36. The summed E-state index contributed by atoms with van der Waals surface area (Å²) in [5, 5.41) is 0. The molecule has 164 valence electrons. The fourth-order valence-corrected chi connectivity index (χ4v) is 5.16. The number of rotatable bonds is 4. The van der Waals surface area contributed by atoms with E-state index in [4.69, 9.17) is 9.47 Å². The first-order valence-electron chi connectivity index (χ1n) is 10.9. The molecule has 0 aromatic carbocycles. The van der Waals surface area contributed by atoms with Crippen LogP contribution in [0.3, 0.4) is 0 Å². The molecule has 0 spiro atoms. The summed E-state index contributed by atoms with van der Waals surface area (Å²) in [6.07, 6.45) is 2.63. The van der Waals surface area contributed by atoms with Gasteiger partial charge in [-0.1, -0.05) is 6.07 Å². The first-order valence-corrected chi connectivity index (χ1v) is 10.9. The minimum atomic E-state index is -0.0561. The molecule has 2 bridgehead atoms.